The Balaban J connectivity index is 1.48. The average Bonchev–Trinajstić information content (AvgIpc) is 3.35. The first kappa shape index (κ1) is 23.3. The molecule has 1 atom stereocenters. The van der Waals surface area contributed by atoms with Crippen LogP contribution in [0.4, 0.5) is 0 Å². The zero-order valence-electron chi connectivity index (χ0n) is 18.3. The Hall–Kier alpha value is -3.33. The lowest BCUT2D eigenvalue weighted by Gasteiger charge is -2.33. The number of Topliss-reactive ketones (excluding diaryl/α,β-unsaturated/α-hetero) is 1. The van der Waals surface area contributed by atoms with Gasteiger partial charge in [-0.15, -0.1) is 0 Å². The van der Waals surface area contributed by atoms with Gasteiger partial charge in [-0.3, -0.25) is 9.59 Å². The van der Waals surface area contributed by atoms with Crippen LogP contribution in [0.1, 0.15) is 29.5 Å². The summed E-state index contributed by atoms with van der Waals surface area (Å²) in [6.07, 6.45) is 2.21. The third-order valence-corrected chi connectivity index (χ3v) is 5.06. The van der Waals surface area contributed by atoms with Crippen molar-refractivity contribution in [2.75, 3.05) is 40.0 Å². The highest BCUT2D eigenvalue weighted by Gasteiger charge is 2.25. The molecule has 1 aromatic carbocycles. The molecule has 1 aliphatic heterocycles. The Kier molecular flexibility index (Phi) is 8.27. The molecule has 1 aliphatic rings. The van der Waals surface area contributed by atoms with Gasteiger partial charge in [-0.25, -0.2) is 0 Å². The van der Waals surface area contributed by atoms with E-state index in [1.165, 1.54) is 12.3 Å². The molecule has 1 N–H and O–H groups in total. The SMILES string of the molecule is COc1cc(CCC(C)=O)ccc1OCC1CN(C(=O)CNC(=O)c2ccco2)CCO1. The summed E-state index contributed by atoms with van der Waals surface area (Å²) in [7, 11) is 1.56. The van der Waals surface area contributed by atoms with E-state index in [-0.39, 0.29) is 36.7 Å². The molecule has 0 bridgehead atoms. The summed E-state index contributed by atoms with van der Waals surface area (Å²) in [5.41, 5.74) is 0.992. The minimum atomic E-state index is -0.435. The molecule has 1 saturated heterocycles. The van der Waals surface area contributed by atoms with Crippen LogP contribution in [0.2, 0.25) is 0 Å². The van der Waals surface area contributed by atoms with Gasteiger partial charge < -0.3 is 33.6 Å². The highest BCUT2D eigenvalue weighted by molar-refractivity contribution is 5.94. The zero-order valence-corrected chi connectivity index (χ0v) is 18.3. The number of furan rings is 1. The quantitative estimate of drug-likeness (QED) is 0.596. The number of ether oxygens (including phenoxy) is 3. The predicted octanol–water partition coefficient (Wildman–Crippen LogP) is 1.85. The summed E-state index contributed by atoms with van der Waals surface area (Å²) in [6.45, 7) is 2.87. The van der Waals surface area contributed by atoms with Crippen molar-refractivity contribution >= 4 is 17.6 Å². The van der Waals surface area contributed by atoms with E-state index >= 15 is 0 Å². The van der Waals surface area contributed by atoms with Crippen molar-refractivity contribution in [1.29, 1.82) is 0 Å². The van der Waals surface area contributed by atoms with Crippen molar-refractivity contribution in [3.05, 3.63) is 47.9 Å². The van der Waals surface area contributed by atoms with E-state index in [4.69, 9.17) is 18.6 Å². The number of hydrogen-bond acceptors (Lipinski definition) is 7. The summed E-state index contributed by atoms with van der Waals surface area (Å²) in [5.74, 6) is 0.805. The smallest absolute Gasteiger partial charge is 0.287 e. The number of carbonyl (C=O) groups is 3. The van der Waals surface area contributed by atoms with Crippen molar-refractivity contribution in [2.45, 2.75) is 25.9 Å². The second-order valence-electron chi connectivity index (χ2n) is 7.49. The number of aryl methyl sites for hydroxylation is 1. The van der Waals surface area contributed by atoms with Gasteiger partial charge in [0, 0.05) is 13.0 Å². The first-order valence-electron chi connectivity index (χ1n) is 10.5. The van der Waals surface area contributed by atoms with E-state index in [1.807, 2.05) is 18.2 Å². The molecule has 0 saturated carbocycles. The van der Waals surface area contributed by atoms with Crippen LogP contribution in [0.25, 0.3) is 0 Å². The second kappa shape index (κ2) is 11.3. The number of morpholine rings is 1. The summed E-state index contributed by atoms with van der Waals surface area (Å²) < 4.78 is 22.0. The van der Waals surface area contributed by atoms with Crippen LogP contribution >= 0.6 is 0 Å². The van der Waals surface area contributed by atoms with Crippen LogP contribution in [-0.2, 0) is 20.7 Å². The highest BCUT2D eigenvalue weighted by Crippen LogP contribution is 2.29. The minimum Gasteiger partial charge on any atom is -0.493 e. The first-order valence-corrected chi connectivity index (χ1v) is 10.5. The number of amides is 2. The number of nitrogens with one attached hydrogen (secondary N) is 1. The van der Waals surface area contributed by atoms with Crippen molar-refractivity contribution in [3.8, 4) is 11.5 Å². The lowest BCUT2D eigenvalue weighted by molar-refractivity contribution is -0.138. The number of benzene rings is 1. The Bertz CT molecular complexity index is 926. The highest BCUT2D eigenvalue weighted by atomic mass is 16.5. The van der Waals surface area contributed by atoms with Gasteiger partial charge in [0.1, 0.15) is 18.5 Å². The maximum atomic E-state index is 12.5. The molecule has 32 heavy (non-hydrogen) atoms. The summed E-state index contributed by atoms with van der Waals surface area (Å²) in [5, 5.41) is 2.56. The lowest BCUT2D eigenvalue weighted by Crippen LogP contribution is -2.50. The van der Waals surface area contributed by atoms with Gasteiger partial charge in [0.25, 0.3) is 5.91 Å². The number of hydrogen-bond donors (Lipinski definition) is 1. The third kappa shape index (κ3) is 6.58. The van der Waals surface area contributed by atoms with Crippen LogP contribution in [-0.4, -0.2) is 68.6 Å². The van der Waals surface area contributed by atoms with Crippen molar-refractivity contribution < 1.29 is 33.0 Å². The molecule has 2 amide bonds. The Morgan fingerprint density at radius 3 is 2.78 bits per heavy atom. The average molecular weight is 444 g/mol. The number of ketones is 1. The van der Waals surface area contributed by atoms with Gasteiger partial charge in [0.15, 0.2) is 17.3 Å². The molecule has 2 aromatic rings. The fraction of sp³-hybridized carbons (Fsp3) is 0.435. The van der Waals surface area contributed by atoms with Gasteiger partial charge in [-0.2, -0.15) is 0 Å². The number of methoxy groups -OCH3 is 1. The largest absolute Gasteiger partial charge is 0.493 e. The van der Waals surface area contributed by atoms with Crippen molar-refractivity contribution in [2.24, 2.45) is 0 Å². The normalized spacial score (nSPS) is 15.8. The van der Waals surface area contributed by atoms with Gasteiger partial charge >= 0.3 is 0 Å². The maximum Gasteiger partial charge on any atom is 0.287 e. The molecule has 0 spiro atoms. The molecule has 1 fully saturated rings. The van der Waals surface area contributed by atoms with E-state index in [0.29, 0.717) is 44.0 Å². The topological polar surface area (TPSA) is 107 Å². The predicted molar refractivity (Wildman–Crippen MR) is 115 cm³/mol. The summed E-state index contributed by atoms with van der Waals surface area (Å²) >= 11 is 0. The van der Waals surface area contributed by atoms with Gasteiger partial charge in [0.05, 0.1) is 33.1 Å². The van der Waals surface area contributed by atoms with E-state index < -0.39 is 5.91 Å². The molecule has 9 heteroatoms. The maximum absolute atomic E-state index is 12.5. The van der Waals surface area contributed by atoms with Crippen LogP contribution in [0, 0.1) is 0 Å². The van der Waals surface area contributed by atoms with Crippen molar-refractivity contribution in [3.63, 3.8) is 0 Å². The van der Waals surface area contributed by atoms with E-state index in [1.54, 1.807) is 25.0 Å². The van der Waals surface area contributed by atoms with Crippen LogP contribution in [0.15, 0.2) is 41.0 Å². The lowest BCUT2D eigenvalue weighted by atomic mass is 10.1. The van der Waals surface area contributed by atoms with Crippen LogP contribution in [0.3, 0.4) is 0 Å². The molecule has 2 heterocycles. The van der Waals surface area contributed by atoms with E-state index in [2.05, 4.69) is 5.32 Å². The molecule has 9 nitrogen and oxygen atoms in total. The van der Waals surface area contributed by atoms with Gasteiger partial charge in [-0.1, -0.05) is 6.07 Å². The first-order chi connectivity index (χ1) is 15.5. The molecular formula is C23H28N2O7. The Morgan fingerprint density at radius 1 is 1.22 bits per heavy atom. The second-order valence-corrected chi connectivity index (χ2v) is 7.49. The van der Waals surface area contributed by atoms with Crippen LogP contribution < -0.4 is 14.8 Å². The third-order valence-electron chi connectivity index (χ3n) is 5.06. The number of nitrogens with zero attached hydrogens (tertiary/aromatic N) is 1. The fourth-order valence-electron chi connectivity index (χ4n) is 3.30. The number of rotatable bonds is 10. The van der Waals surface area contributed by atoms with Crippen LogP contribution in [0.5, 0.6) is 11.5 Å². The molecule has 1 unspecified atom stereocenters. The minimum absolute atomic E-state index is 0.122. The van der Waals surface area contributed by atoms with Crippen molar-refractivity contribution in [1.82, 2.24) is 10.2 Å². The number of carbonyl (C=O) groups excluding carboxylic acids is 3. The summed E-state index contributed by atoms with van der Waals surface area (Å²) in [6, 6.07) is 8.71. The van der Waals surface area contributed by atoms with E-state index in [9.17, 15) is 14.4 Å². The standard InChI is InChI=1S/C23H28N2O7/c1-16(26)5-6-17-7-8-19(21(12-17)29-2)32-15-18-14-25(9-11-30-18)22(27)13-24-23(28)20-4-3-10-31-20/h3-4,7-8,10,12,18H,5-6,9,11,13-15H2,1-2H3,(H,24,28). The summed E-state index contributed by atoms with van der Waals surface area (Å²) in [4.78, 5) is 37.2. The molecular weight excluding hydrogens is 416 g/mol. The van der Waals surface area contributed by atoms with E-state index in [0.717, 1.165) is 5.56 Å². The molecule has 172 valence electrons. The fourth-order valence-corrected chi connectivity index (χ4v) is 3.30. The molecule has 1 aromatic heterocycles. The molecule has 0 aliphatic carbocycles. The molecule has 3 rings (SSSR count). The Morgan fingerprint density at radius 2 is 2.06 bits per heavy atom. The monoisotopic (exact) mass is 444 g/mol. The van der Waals surface area contributed by atoms with Gasteiger partial charge in [0.2, 0.25) is 5.91 Å². The Labute approximate surface area is 186 Å². The molecule has 0 radical (unpaired) electrons. The van der Waals surface area contributed by atoms with Gasteiger partial charge in [-0.05, 0) is 43.2 Å². The zero-order chi connectivity index (χ0) is 22.9.